The summed E-state index contributed by atoms with van der Waals surface area (Å²) < 4.78 is 38.0. The Morgan fingerprint density at radius 3 is 2.47 bits per heavy atom. The third-order valence-corrected chi connectivity index (χ3v) is 3.11. The van der Waals surface area contributed by atoms with Gasteiger partial charge in [0.1, 0.15) is 0 Å². The summed E-state index contributed by atoms with van der Waals surface area (Å²) in [6, 6.07) is 3.75. The molecule has 0 radical (unpaired) electrons. The molecule has 0 unspecified atom stereocenters. The van der Waals surface area contributed by atoms with E-state index in [1.807, 2.05) is 0 Å². The molecule has 1 rings (SSSR count). The van der Waals surface area contributed by atoms with Crippen molar-refractivity contribution < 1.29 is 18.0 Å². The molecule has 0 heterocycles. The van der Waals surface area contributed by atoms with E-state index in [1.54, 1.807) is 0 Å². The molecule has 6 heteroatoms. The zero-order chi connectivity index (χ0) is 13.1. The zero-order valence-corrected chi connectivity index (χ0v) is 11.0. The molecule has 94 valence electrons. The quantitative estimate of drug-likeness (QED) is 0.765. The minimum atomic E-state index is -4.45. The Morgan fingerprint density at radius 2 is 2.00 bits per heavy atom. The number of ketones is 1. The largest absolute Gasteiger partial charge is 0.416 e. The van der Waals surface area contributed by atoms with Gasteiger partial charge in [-0.2, -0.15) is 13.2 Å². The van der Waals surface area contributed by atoms with Gasteiger partial charge in [0, 0.05) is 11.8 Å². The molecule has 0 amide bonds. The van der Waals surface area contributed by atoms with E-state index in [9.17, 15) is 18.0 Å². The molecule has 0 aliphatic heterocycles. The van der Waals surface area contributed by atoms with Crippen LogP contribution in [0.15, 0.2) is 18.2 Å². The minimum absolute atomic E-state index is 0.0277. The van der Waals surface area contributed by atoms with Crippen molar-refractivity contribution in [2.75, 3.05) is 5.88 Å². The van der Waals surface area contributed by atoms with Gasteiger partial charge in [0.2, 0.25) is 0 Å². The number of hydrogen-bond acceptors (Lipinski definition) is 1. The van der Waals surface area contributed by atoms with Crippen LogP contribution in [0.5, 0.6) is 0 Å². The van der Waals surface area contributed by atoms with E-state index in [0.717, 1.165) is 6.07 Å². The smallest absolute Gasteiger partial charge is 0.298 e. The van der Waals surface area contributed by atoms with Gasteiger partial charge in [0.05, 0.1) is 11.4 Å². The molecule has 0 fully saturated rings. The number of halogens is 5. The van der Waals surface area contributed by atoms with Crippen molar-refractivity contribution in [3.63, 3.8) is 0 Å². The lowest BCUT2D eigenvalue weighted by atomic mass is 10.00. The van der Waals surface area contributed by atoms with E-state index >= 15 is 0 Å². The van der Waals surface area contributed by atoms with Crippen LogP contribution in [0.4, 0.5) is 13.2 Å². The number of carbonyl (C=O) groups excluding carboxylic acids is 1. The van der Waals surface area contributed by atoms with Crippen molar-refractivity contribution in [2.45, 2.75) is 17.9 Å². The van der Waals surface area contributed by atoms with E-state index < -0.39 is 17.5 Å². The Kier molecular flexibility index (Phi) is 5.01. The van der Waals surface area contributed by atoms with Crippen LogP contribution in [-0.2, 0) is 22.7 Å². The van der Waals surface area contributed by atoms with Gasteiger partial charge < -0.3 is 0 Å². The third kappa shape index (κ3) is 4.00. The topological polar surface area (TPSA) is 17.1 Å². The number of benzene rings is 1. The van der Waals surface area contributed by atoms with E-state index in [0.29, 0.717) is 10.9 Å². The van der Waals surface area contributed by atoms with Gasteiger partial charge in [0.15, 0.2) is 5.78 Å². The van der Waals surface area contributed by atoms with Crippen LogP contribution in [0.1, 0.15) is 16.7 Å². The lowest BCUT2D eigenvalue weighted by molar-refractivity contribution is -0.138. The summed E-state index contributed by atoms with van der Waals surface area (Å²) in [5.74, 6) is -0.709. The first-order valence-corrected chi connectivity index (χ1v) is 6.36. The van der Waals surface area contributed by atoms with Crippen molar-refractivity contribution >= 4 is 33.3 Å². The van der Waals surface area contributed by atoms with Crippen molar-refractivity contribution in [3.05, 3.63) is 34.9 Å². The van der Waals surface area contributed by atoms with Crippen molar-refractivity contribution in [2.24, 2.45) is 0 Å². The van der Waals surface area contributed by atoms with Crippen LogP contribution in [-0.4, -0.2) is 11.7 Å². The fourth-order valence-electron chi connectivity index (χ4n) is 1.41. The molecule has 1 nitrogen and oxygen atoms in total. The normalized spacial score (nSPS) is 11.6. The second-order valence-electron chi connectivity index (χ2n) is 3.47. The molecule has 0 bridgehead atoms. The molecule has 0 spiro atoms. The fraction of sp³-hybridized carbons (Fsp3) is 0.364. The first kappa shape index (κ1) is 14.5. The minimum Gasteiger partial charge on any atom is -0.298 e. The summed E-state index contributed by atoms with van der Waals surface area (Å²) in [5.41, 5.74) is -0.115. The summed E-state index contributed by atoms with van der Waals surface area (Å²) in [6.45, 7) is 0. The molecule has 0 aliphatic rings. The molecular formula is C11H9BrClF3O. The highest BCUT2D eigenvalue weighted by molar-refractivity contribution is 9.08. The van der Waals surface area contributed by atoms with Crippen molar-refractivity contribution in [1.82, 2.24) is 0 Å². The Hall–Kier alpha value is -0.550. The Bertz CT molecular complexity index is 418. The molecule has 1 aromatic carbocycles. The van der Waals surface area contributed by atoms with E-state index in [1.165, 1.54) is 12.1 Å². The van der Waals surface area contributed by atoms with Gasteiger partial charge in [-0.25, -0.2) is 0 Å². The summed E-state index contributed by atoms with van der Waals surface area (Å²) in [6.07, 6.45) is -4.74. The maximum atomic E-state index is 12.7. The Morgan fingerprint density at radius 1 is 1.35 bits per heavy atom. The fourth-order valence-corrected chi connectivity index (χ4v) is 1.86. The van der Waals surface area contributed by atoms with Gasteiger partial charge in [-0.05, 0) is 17.2 Å². The average Bonchev–Trinajstić information content (AvgIpc) is 2.27. The van der Waals surface area contributed by atoms with Crippen LogP contribution in [0, 0.1) is 0 Å². The number of Topliss-reactive ketones (excluding diaryl/α,β-unsaturated/α-hetero) is 1. The molecular weight excluding hydrogens is 320 g/mol. The molecule has 1 aromatic rings. The average molecular weight is 330 g/mol. The lowest BCUT2D eigenvalue weighted by Crippen LogP contribution is -2.13. The van der Waals surface area contributed by atoms with Crippen LogP contribution < -0.4 is 0 Å². The Balaban J connectivity index is 3.16. The maximum absolute atomic E-state index is 12.7. The summed E-state index contributed by atoms with van der Waals surface area (Å²) in [7, 11) is 0. The predicted octanol–water partition coefficient (Wildman–Crippen LogP) is 3.95. The van der Waals surface area contributed by atoms with Gasteiger partial charge in [0.25, 0.3) is 0 Å². The number of alkyl halides is 5. The standard InChI is InChI=1S/C11H9BrClF3O/c12-5-7-1-2-10(11(14,15)16)8(3-7)4-9(17)6-13/h1-3H,4-6H2. The van der Waals surface area contributed by atoms with E-state index in [2.05, 4.69) is 15.9 Å². The van der Waals surface area contributed by atoms with Crippen LogP contribution in [0.2, 0.25) is 0 Å². The van der Waals surface area contributed by atoms with Crippen molar-refractivity contribution in [3.8, 4) is 0 Å². The van der Waals surface area contributed by atoms with Crippen molar-refractivity contribution in [1.29, 1.82) is 0 Å². The second kappa shape index (κ2) is 5.87. The summed E-state index contributed by atoms with van der Waals surface area (Å²) in [4.78, 5) is 11.1. The monoisotopic (exact) mass is 328 g/mol. The molecule has 0 saturated heterocycles. The van der Waals surface area contributed by atoms with Gasteiger partial charge in [-0.1, -0.05) is 28.1 Å². The predicted molar refractivity (Wildman–Crippen MR) is 63.5 cm³/mol. The van der Waals surface area contributed by atoms with Gasteiger partial charge in [-0.15, -0.1) is 11.6 Å². The summed E-state index contributed by atoms with van der Waals surface area (Å²) in [5, 5.41) is 0.438. The van der Waals surface area contributed by atoms with Gasteiger partial charge >= 0.3 is 6.18 Å². The molecule has 0 saturated carbocycles. The van der Waals surface area contributed by atoms with E-state index in [-0.39, 0.29) is 17.9 Å². The highest BCUT2D eigenvalue weighted by Gasteiger charge is 2.33. The van der Waals surface area contributed by atoms with Crippen LogP contribution in [0.25, 0.3) is 0 Å². The summed E-state index contributed by atoms with van der Waals surface area (Å²) >= 11 is 8.46. The highest BCUT2D eigenvalue weighted by atomic mass is 79.9. The first-order valence-electron chi connectivity index (χ1n) is 4.71. The number of carbonyl (C=O) groups is 1. The lowest BCUT2D eigenvalue weighted by Gasteiger charge is -2.13. The molecule has 0 atom stereocenters. The van der Waals surface area contributed by atoms with Gasteiger partial charge in [-0.3, -0.25) is 4.79 Å². The van der Waals surface area contributed by atoms with Crippen LogP contribution in [0.3, 0.4) is 0 Å². The SMILES string of the molecule is O=C(CCl)Cc1cc(CBr)ccc1C(F)(F)F. The molecule has 0 aliphatic carbocycles. The highest BCUT2D eigenvalue weighted by Crippen LogP contribution is 2.33. The first-order chi connectivity index (χ1) is 7.88. The Labute approximate surface area is 110 Å². The number of rotatable bonds is 4. The molecule has 17 heavy (non-hydrogen) atoms. The zero-order valence-electron chi connectivity index (χ0n) is 8.65. The molecule has 0 N–H and O–H groups in total. The maximum Gasteiger partial charge on any atom is 0.416 e. The molecule has 0 aromatic heterocycles. The number of hydrogen-bond donors (Lipinski definition) is 0. The third-order valence-electron chi connectivity index (χ3n) is 2.17. The van der Waals surface area contributed by atoms with E-state index in [4.69, 9.17) is 11.6 Å². The van der Waals surface area contributed by atoms with Crippen LogP contribution >= 0.6 is 27.5 Å². The second-order valence-corrected chi connectivity index (χ2v) is 4.30.